The maximum Gasteiger partial charge on any atom is 0.191 e. The Morgan fingerprint density at radius 2 is 1.93 bits per heavy atom. The number of aromatic nitrogens is 3. The molecule has 1 heterocycles. The maximum atomic E-state index is 5.39. The smallest absolute Gasteiger partial charge is 0.191 e. The molecule has 0 saturated carbocycles. The molecule has 1 aromatic heterocycles. The second kappa shape index (κ2) is 11.4. The highest BCUT2D eigenvalue weighted by Crippen LogP contribution is 2.19. The van der Waals surface area contributed by atoms with E-state index in [-0.39, 0.29) is 24.0 Å². The molecule has 0 bridgehead atoms. The highest BCUT2D eigenvalue weighted by molar-refractivity contribution is 14.0. The van der Waals surface area contributed by atoms with Crippen LogP contribution < -0.4 is 15.4 Å². The summed E-state index contributed by atoms with van der Waals surface area (Å²) < 4.78 is 7.35. The zero-order valence-electron chi connectivity index (χ0n) is 16.9. The summed E-state index contributed by atoms with van der Waals surface area (Å²) in [6.45, 7) is 3.32. The molecule has 0 radical (unpaired) electrons. The fourth-order valence-corrected chi connectivity index (χ4v) is 2.91. The molecule has 0 amide bonds. The van der Waals surface area contributed by atoms with Gasteiger partial charge in [-0.05, 0) is 42.7 Å². The maximum absolute atomic E-state index is 5.39. The molecule has 29 heavy (non-hydrogen) atoms. The molecule has 0 atom stereocenters. The molecule has 0 fully saturated rings. The Bertz CT molecular complexity index is 926. The Hall–Kier alpha value is -2.62. The molecule has 0 aliphatic heterocycles. The van der Waals surface area contributed by atoms with Gasteiger partial charge in [-0.25, -0.2) is 0 Å². The van der Waals surface area contributed by atoms with E-state index in [9.17, 15) is 0 Å². The lowest BCUT2D eigenvalue weighted by Gasteiger charge is -2.13. The van der Waals surface area contributed by atoms with Gasteiger partial charge >= 0.3 is 0 Å². The van der Waals surface area contributed by atoms with Crippen LogP contribution in [0.3, 0.4) is 0 Å². The molecule has 0 spiro atoms. The number of nitrogens with zero attached hydrogens (tertiary/aromatic N) is 4. The lowest BCUT2D eigenvalue weighted by Crippen LogP contribution is -2.38. The Labute approximate surface area is 188 Å². The standard InChI is InChI=1S/C21H26N6O.HI/c1-16-9-10-17(13-19(16)28-3)11-12-23-21(22-2)24-14-20-26-25-15-27(20)18-7-5-4-6-8-18;/h4-10,13,15H,11-12,14H2,1-3H3,(H2,22,23,24);1H. The third-order valence-electron chi connectivity index (χ3n) is 4.47. The third kappa shape index (κ3) is 6.18. The normalized spacial score (nSPS) is 10.9. The predicted octanol–water partition coefficient (Wildman–Crippen LogP) is 3.11. The van der Waals surface area contributed by atoms with Gasteiger partial charge in [-0.1, -0.05) is 30.3 Å². The lowest BCUT2D eigenvalue weighted by atomic mass is 10.1. The monoisotopic (exact) mass is 506 g/mol. The first-order valence-corrected chi connectivity index (χ1v) is 9.23. The summed E-state index contributed by atoms with van der Waals surface area (Å²) >= 11 is 0. The van der Waals surface area contributed by atoms with Crippen molar-refractivity contribution < 1.29 is 4.74 Å². The molecule has 7 nitrogen and oxygen atoms in total. The number of hydrogen-bond donors (Lipinski definition) is 2. The quantitative estimate of drug-likeness (QED) is 0.293. The number of ether oxygens (including phenoxy) is 1. The zero-order chi connectivity index (χ0) is 19.8. The summed E-state index contributed by atoms with van der Waals surface area (Å²) in [5.41, 5.74) is 3.38. The van der Waals surface area contributed by atoms with Crippen molar-refractivity contribution in [1.82, 2.24) is 25.4 Å². The molecule has 0 aliphatic rings. The summed E-state index contributed by atoms with van der Waals surface area (Å²) in [5, 5.41) is 14.9. The molecule has 0 aliphatic carbocycles. The van der Waals surface area contributed by atoms with Gasteiger partial charge in [-0.2, -0.15) is 0 Å². The molecule has 2 N–H and O–H groups in total. The van der Waals surface area contributed by atoms with Crippen molar-refractivity contribution in [2.45, 2.75) is 19.9 Å². The van der Waals surface area contributed by atoms with Gasteiger partial charge in [0.25, 0.3) is 0 Å². The zero-order valence-corrected chi connectivity index (χ0v) is 19.3. The predicted molar refractivity (Wildman–Crippen MR) is 126 cm³/mol. The number of nitrogens with one attached hydrogen (secondary N) is 2. The van der Waals surface area contributed by atoms with E-state index in [4.69, 9.17) is 4.74 Å². The highest BCUT2D eigenvalue weighted by Gasteiger charge is 2.07. The average Bonchev–Trinajstić information content (AvgIpc) is 3.21. The summed E-state index contributed by atoms with van der Waals surface area (Å²) in [5.74, 6) is 2.46. The first kappa shape index (κ1) is 22.7. The molecule has 154 valence electrons. The Morgan fingerprint density at radius 3 is 2.66 bits per heavy atom. The minimum Gasteiger partial charge on any atom is -0.496 e. The fraction of sp³-hybridized carbons (Fsp3) is 0.286. The van der Waals surface area contributed by atoms with Crippen LogP contribution in [0.4, 0.5) is 0 Å². The van der Waals surface area contributed by atoms with E-state index in [1.54, 1.807) is 20.5 Å². The van der Waals surface area contributed by atoms with Crippen LogP contribution in [0.5, 0.6) is 5.75 Å². The van der Waals surface area contributed by atoms with Crippen molar-refractivity contribution >= 4 is 29.9 Å². The summed E-state index contributed by atoms with van der Waals surface area (Å²) in [6.07, 6.45) is 2.59. The van der Waals surface area contributed by atoms with Crippen LogP contribution in [0.25, 0.3) is 5.69 Å². The van der Waals surface area contributed by atoms with E-state index >= 15 is 0 Å². The van der Waals surface area contributed by atoms with Gasteiger partial charge in [-0.15, -0.1) is 34.2 Å². The SMILES string of the molecule is CN=C(NCCc1ccc(C)c(OC)c1)NCc1nncn1-c1ccccc1.I. The Morgan fingerprint density at radius 1 is 1.14 bits per heavy atom. The van der Waals surface area contributed by atoms with Gasteiger partial charge in [0.2, 0.25) is 0 Å². The van der Waals surface area contributed by atoms with Crippen molar-refractivity contribution in [3.05, 3.63) is 71.8 Å². The third-order valence-corrected chi connectivity index (χ3v) is 4.47. The van der Waals surface area contributed by atoms with Gasteiger partial charge in [-0.3, -0.25) is 9.56 Å². The Balaban J connectivity index is 0.00000300. The van der Waals surface area contributed by atoms with Gasteiger partial charge in [0.1, 0.15) is 12.1 Å². The number of hydrogen-bond acceptors (Lipinski definition) is 4. The van der Waals surface area contributed by atoms with Crippen LogP contribution in [0.2, 0.25) is 0 Å². The van der Waals surface area contributed by atoms with Crippen LogP contribution in [0.15, 0.2) is 59.9 Å². The molecule has 3 aromatic rings. The molecule has 2 aromatic carbocycles. The fourth-order valence-electron chi connectivity index (χ4n) is 2.91. The number of rotatable bonds is 7. The number of guanidine groups is 1. The number of halogens is 1. The number of aryl methyl sites for hydroxylation is 1. The minimum absolute atomic E-state index is 0. The highest BCUT2D eigenvalue weighted by atomic mass is 127. The molecular formula is C21H27IN6O. The first-order chi connectivity index (χ1) is 13.7. The molecule has 0 unspecified atom stereocenters. The van der Waals surface area contributed by atoms with E-state index < -0.39 is 0 Å². The van der Waals surface area contributed by atoms with Crippen molar-refractivity contribution in [3.8, 4) is 11.4 Å². The van der Waals surface area contributed by atoms with E-state index in [0.717, 1.165) is 41.7 Å². The topological polar surface area (TPSA) is 76.4 Å². The van der Waals surface area contributed by atoms with Gasteiger partial charge < -0.3 is 15.4 Å². The number of aliphatic imine (C=N–C) groups is 1. The van der Waals surface area contributed by atoms with Crippen molar-refractivity contribution in [3.63, 3.8) is 0 Å². The van der Waals surface area contributed by atoms with E-state index in [2.05, 4.69) is 44.0 Å². The Kier molecular flexibility index (Phi) is 8.91. The van der Waals surface area contributed by atoms with Gasteiger partial charge in [0.05, 0.1) is 13.7 Å². The lowest BCUT2D eigenvalue weighted by molar-refractivity contribution is 0.411. The van der Waals surface area contributed by atoms with Crippen LogP contribution in [-0.4, -0.2) is 41.4 Å². The minimum atomic E-state index is 0. The van der Waals surface area contributed by atoms with Gasteiger partial charge in [0, 0.05) is 19.3 Å². The summed E-state index contributed by atoms with van der Waals surface area (Å²) in [7, 11) is 3.45. The number of methoxy groups -OCH3 is 1. The van der Waals surface area contributed by atoms with Crippen LogP contribution in [-0.2, 0) is 13.0 Å². The summed E-state index contributed by atoms with van der Waals surface area (Å²) in [4.78, 5) is 4.28. The molecule has 8 heteroatoms. The first-order valence-electron chi connectivity index (χ1n) is 9.23. The van der Waals surface area contributed by atoms with Crippen LogP contribution in [0, 0.1) is 6.92 Å². The van der Waals surface area contributed by atoms with Crippen molar-refractivity contribution in [2.24, 2.45) is 4.99 Å². The number of benzene rings is 2. The summed E-state index contributed by atoms with van der Waals surface area (Å²) in [6, 6.07) is 16.3. The van der Waals surface area contributed by atoms with Gasteiger partial charge in [0.15, 0.2) is 11.8 Å². The van der Waals surface area contributed by atoms with E-state index in [1.807, 2.05) is 41.8 Å². The average molecular weight is 506 g/mol. The molecular weight excluding hydrogens is 479 g/mol. The van der Waals surface area contributed by atoms with E-state index in [0.29, 0.717) is 6.54 Å². The van der Waals surface area contributed by atoms with Crippen molar-refractivity contribution in [2.75, 3.05) is 20.7 Å². The van der Waals surface area contributed by atoms with Crippen LogP contribution in [0.1, 0.15) is 17.0 Å². The second-order valence-corrected chi connectivity index (χ2v) is 6.36. The van der Waals surface area contributed by atoms with Crippen LogP contribution >= 0.6 is 24.0 Å². The van der Waals surface area contributed by atoms with E-state index in [1.165, 1.54) is 5.56 Å². The van der Waals surface area contributed by atoms with Crippen molar-refractivity contribution in [1.29, 1.82) is 0 Å². The largest absolute Gasteiger partial charge is 0.496 e. The molecule has 0 saturated heterocycles. The molecule has 3 rings (SSSR count). The number of para-hydroxylation sites is 1. The second-order valence-electron chi connectivity index (χ2n) is 6.36.